The number of aromatic nitrogens is 2. The number of carbonyl (C=O) groups is 2. The number of thiophene rings is 1. The van der Waals surface area contributed by atoms with E-state index in [1.165, 1.54) is 12.1 Å². The fourth-order valence-corrected chi connectivity index (χ4v) is 5.76. The fraction of sp³-hybridized carbons (Fsp3) is 0.500. The molecule has 1 aliphatic rings. The molecule has 0 bridgehead atoms. The minimum absolute atomic E-state index is 0.0380. The van der Waals surface area contributed by atoms with Crippen molar-refractivity contribution >= 4 is 40.1 Å². The van der Waals surface area contributed by atoms with E-state index in [-0.39, 0.29) is 27.6 Å². The Morgan fingerprint density at radius 2 is 1.95 bits per heavy atom. The van der Waals surface area contributed by atoms with Gasteiger partial charge in [0.25, 0.3) is 12.3 Å². The van der Waals surface area contributed by atoms with Gasteiger partial charge in [0.2, 0.25) is 11.9 Å². The third-order valence-electron chi connectivity index (χ3n) is 7.17. The number of fused-ring (bicyclic) bond motifs is 1. The number of para-hydroxylation sites is 2. The number of nitrogens with one attached hydrogen (secondary N) is 1. The first-order valence-corrected chi connectivity index (χ1v) is 13.9. The molecule has 3 atom stereocenters. The molecule has 0 aliphatic carbocycles. The monoisotopic (exact) mass is 541 g/mol. The maximum absolute atomic E-state index is 13.5. The van der Waals surface area contributed by atoms with Crippen LogP contribution in [0.4, 0.5) is 14.7 Å². The highest BCUT2D eigenvalue weighted by Gasteiger charge is 2.36. The summed E-state index contributed by atoms with van der Waals surface area (Å²) in [5.74, 6) is -0.587. The molecule has 38 heavy (non-hydrogen) atoms. The van der Waals surface area contributed by atoms with Crippen molar-refractivity contribution in [2.24, 2.45) is 17.8 Å². The van der Waals surface area contributed by atoms with Crippen LogP contribution < -0.4 is 5.32 Å². The molecule has 0 radical (unpaired) electrons. The van der Waals surface area contributed by atoms with Gasteiger partial charge in [0.1, 0.15) is 5.92 Å². The van der Waals surface area contributed by atoms with Gasteiger partial charge in [-0.3, -0.25) is 14.9 Å². The van der Waals surface area contributed by atoms with Gasteiger partial charge in [0, 0.05) is 19.1 Å². The summed E-state index contributed by atoms with van der Waals surface area (Å²) in [5, 5.41) is 12.6. The summed E-state index contributed by atoms with van der Waals surface area (Å²) < 4.78 is 27.9. The third-order valence-corrected chi connectivity index (χ3v) is 8.26. The van der Waals surface area contributed by atoms with Crippen LogP contribution in [-0.4, -0.2) is 38.9 Å². The molecule has 1 saturated heterocycles. The van der Waals surface area contributed by atoms with Crippen LogP contribution in [0.15, 0.2) is 36.4 Å². The van der Waals surface area contributed by atoms with Gasteiger partial charge in [0.15, 0.2) is 0 Å². The Labute approximate surface area is 225 Å². The molecule has 2 aromatic heterocycles. The largest absolute Gasteiger partial charge is 0.337 e. The summed E-state index contributed by atoms with van der Waals surface area (Å²) >= 11 is 0.750. The summed E-state index contributed by atoms with van der Waals surface area (Å²) in [6.45, 7) is 7.22. The second kappa shape index (κ2) is 12.0. The number of hydrogen-bond donors (Lipinski definition) is 1. The molecule has 0 spiro atoms. The standard InChI is InChI=1S/C28H33F2N5O2S/c1-17(2)10-11-18(3)20(15-31)27(37)34-14-6-7-19(34)16-35-22-9-5-4-8-21(22)32-28(35)33-26(36)24-13-12-23(38-24)25(29)30/h4-5,8-9,12-13,17-20,25H,6-7,10-11,14,16H2,1-3H3,(H,32,33,36)/t18?,19-,20?/m0/s1. The van der Waals surface area contributed by atoms with Crippen LogP contribution in [-0.2, 0) is 11.3 Å². The van der Waals surface area contributed by atoms with E-state index >= 15 is 0 Å². The van der Waals surface area contributed by atoms with Crippen molar-refractivity contribution in [1.82, 2.24) is 14.5 Å². The molecule has 202 valence electrons. The minimum Gasteiger partial charge on any atom is -0.337 e. The van der Waals surface area contributed by atoms with E-state index in [4.69, 9.17) is 0 Å². The molecule has 2 amide bonds. The Bertz CT molecular complexity index is 1330. The highest BCUT2D eigenvalue weighted by atomic mass is 32.1. The van der Waals surface area contributed by atoms with Crippen molar-refractivity contribution in [2.45, 2.75) is 65.5 Å². The number of likely N-dealkylation sites (tertiary alicyclic amines) is 1. The van der Waals surface area contributed by atoms with Crippen LogP contribution in [0.2, 0.25) is 0 Å². The summed E-state index contributed by atoms with van der Waals surface area (Å²) in [4.78, 5) is 32.8. The van der Waals surface area contributed by atoms with Crippen LogP contribution in [0.25, 0.3) is 11.0 Å². The zero-order valence-corrected chi connectivity index (χ0v) is 22.7. The van der Waals surface area contributed by atoms with E-state index in [1.54, 1.807) is 0 Å². The maximum atomic E-state index is 13.5. The number of nitriles is 1. The van der Waals surface area contributed by atoms with E-state index < -0.39 is 18.3 Å². The van der Waals surface area contributed by atoms with Gasteiger partial charge in [-0.1, -0.05) is 39.3 Å². The SMILES string of the molecule is CC(C)CCC(C)C(C#N)C(=O)N1CCC[C@H]1Cn1c(NC(=O)c2ccc(C(F)F)s2)nc2ccccc21. The average molecular weight is 542 g/mol. The Balaban J connectivity index is 1.56. The molecule has 1 fully saturated rings. The van der Waals surface area contributed by atoms with Crippen molar-refractivity contribution in [3.05, 3.63) is 46.2 Å². The van der Waals surface area contributed by atoms with Gasteiger partial charge in [-0.15, -0.1) is 11.3 Å². The Hall–Kier alpha value is -3.32. The highest BCUT2D eigenvalue weighted by molar-refractivity contribution is 7.14. The van der Waals surface area contributed by atoms with Crippen molar-refractivity contribution in [1.29, 1.82) is 5.26 Å². The number of halogens is 2. The predicted octanol–water partition coefficient (Wildman–Crippen LogP) is 6.49. The molecule has 10 heteroatoms. The van der Waals surface area contributed by atoms with Crippen molar-refractivity contribution in [3.63, 3.8) is 0 Å². The molecule has 0 saturated carbocycles. The summed E-state index contributed by atoms with van der Waals surface area (Å²) in [6.07, 6.45) is 0.742. The topological polar surface area (TPSA) is 91.0 Å². The van der Waals surface area contributed by atoms with E-state index in [0.29, 0.717) is 30.5 Å². The average Bonchev–Trinajstić information content (AvgIpc) is 3.63. The lowest BCUT2D eigenvalue weighted by Crippen LogP contribution is -2.43. The molecule has 1 aromatic carbocycles. The van der Waals surface area contributed by atoms with Crippen LogP contribution >= 0.6 is 11.3 Å². The van der Waals surface area contributed by atoms with Crippen molar-refractivity contribution < 1.29 is 18.4 Å². The normalized spacial score (nSPS) is 17.2. The lowest BCUT2D eigenvalue weighted by atomic mass is 9.87. The van der Waals surface area contributed by atoms with Gasteiger partial charge in [0.05, 0.1) is 26.9 Å². The number of hydrogen-bond acceptors (Lipinski definition) is 5. The Morgan fingerprint density at radius 3 is 2.63 bits per heavy atom. The molecule has 1 aliphatic heterocycles. The molecule has 7 nitrogen and oxygen atoms in total. The van der Waals surface area contributed by atoms with E-state index in [1.807, 2.05) is 40.7 Å². The molecular formula is C28H33F2N5O2S. The highest BCUT2D eigenvalue weighted by Crippen LogP contribution is 2.30. The van der Waals surface area contributed by atoms with E-state index in [0.717, 1.165) is 42.5 Å². The molecule has 3 heterocycles. The Morgan fingerprint density at radius 1 is 1.18 bits per heavy atom. The van der Waals surface area contributed by atoms with E-state index in [2.05, 4.69) is 30.2 Å². The summed E-state index contributed by atoms with van der Waals surface area (Å²) in [5.41, 5.74) is 1.47. The minimum atomic E-state index is -2.64. The van der Waals surface area contributed by atoms with Gasteiger partial charge >= 0.3 is 0 Å². The van der Waals surface area contributed by atoms with Crippen molar-refractivity contribution in [2.75, 3.05) is 11.9 Å². The summed E-state index contributed by atoms with van der Waals surface area (Å²) in [6, 6.07) is 12.2. The first kappa shape index (κ1) is 27.7. The second-order valence-electron chi connectivity index (χ2n) is 10.4. The summed E-state index contributed by atoms with van der Waals surface area (Å²) in [7, 11) is 0. The number of amides is 2. The quantitative estimate of drug-likeness (QED) is 0.318. The molecule has 1 N–H and O–H groups in total. The van der Waals surface area contributed by atoms with Crippen molar-refractivity contribution in [3.8, 4) is 6.07 Å². The van der Waals surface area contributed by atoms with Gasteiger partial charge < -0.3 is 9.47 Å². The molecule has 4 rings (SSSR count). The smallest absolute Gasteiger partial charge is 0.272 e. The van der Waals surface area contributed by atoms with Gasteiger partial charge in [-0.2, -0.15) is 5.26 Å². The van der Waals surface area contributed by atoms with Crippen LogP contribution in [0.5, 0.6) is 0 Å². The van der Waals surface area contributed by atoms with Crippen LogP contribution in [0, 0.1) is 29.1 Å². The zero-order chi connectivity index (χ0) is 27.4. The van der Waals surface area contributed by atoms with Gasteiger partial charge in [-0.05, 0) is 55.4 Å². The number of carbonyl (C=O) groups excluding carboxylic acids is 2. The van der Waals surface area contributed by atoms with Crippen LogP contribution in [0.3, 0.4) is 0 Å². The second-order valence-corrected chi connectivity index (χ2v) is 11.5. The number of benzene rings is 1. The molecular weight excluding hydrogens is 508 g/mol. The van der Waals surface area contributed by atoms with Crippen LogP contribution in [0.1, 0.15) is 67.4 Å². The Kier molecular flexibility index (Phi) is 8.77. The number of nitrogens with zero attached hydrogens (tertiary/aromatic N) is 4. The lowest BCUT2D eigenvalue weighted by molar-refractivity contribution is -0.136. The number of rotatable bonds is 10. The lowest BCUT2D eigenvalue weighted by Gasteiger charge is -2.29. The first-order chi connectivity index (χ1) is 18.2. The number of alkyl halides is 2. The first-order valence-electron chi connectivity index (χ1n) is 13.0. The van der Waals surface area contributed by atoms with E-state index in [9.17, 15) is 23.6 Å². The molecule has 3 aromatic rings. The predicted molar refractivity (Wildman–Crippen MR) is 144 cm³/mol. The third kappa shape index (κ3) is 6.04. The van der Waals surface area contributed by atoms with Gasteiger partial charge in [-0.25, -0.2) is 13.8 Å². The fourth-order valence-electron chi connectivity index (χ4n) is 5.00. The number of imidazole rings is 1. The zero-order valence-electron chi connectivity index (χ0n) is 21.9. The molecule has 2 unspecified atom stereocenters. The maximum Gasteiger partial charge on any atom is 0.272 e. The number of anilines is 1.